The van der Waals surface area contributed by atoms with Crippen molar-refractivity contribution in [3.63, 3.8) is 0 Å². The Hall–Kier alpha value is -1.62. The van der Waals surface area contributed by atoms with Gasteiger partial charge in [-0.25, -0.2) is 4.39 Å². The van der Waals surface area contributed by atoms with Gasteiger partial charge in [0.25, 0.3) is 0 Å². The van der Waals surface area contributed by atoms with E-state index in [2.05, 4.69) is 10.6 Å². The van der Waals surface area contributed by atoms with Gasteiger partial charge >= 0.3 is 0 Å². The summed E-state index contributed by atoms with van der Waals surface area (Å²) in [5.74, 6) is -0.195. The number of carbonyl (C=O) groups is 1. The third-order valence-electron chi connectivity index (χ3n) is 2.76. The molecule has 92 valence electrons. The third kappa shape index (κ3) is 3.42. The zero-order valence-corrected chi connectivity index (χ0v) is 9.58. The molecule has 1 aliphatic rings. The van der Waals surface area contributed by atoms with Gasteiger partial charge in [0.05, 0.1) is 6.54 Å². The lowest BCUT2D eigenvalue weighted by Crippen LogP contribution is -2.48. The van der Waals surface area contributed by atoms with Gasteiger partial charge < -0.3 is 15.5 Å². The summed E-state index contributed by atoms with van der Waals surface area (Å²) >= 11 is 0. The van der Waals surface area contributed by atoms with Crippen LogP contribution in [0.3, 0.4) is 0 Å². The van der Waals surface area contributed by atoms with Gasteiger partial charge in [-0.3, -0.25) is 4.79 Å². The Morgan fingerprint density at radius 1 is 1.29 bits per heavy atom. The Kier molecular flexibility index (Phi) is 3.93. The summed E-state index contributed by atoms with van der Waals surface area (Å²) in [6, 6.07) is 6.00. The van der Waals surface area contributed by atoms with Crippen molar-refractivity contribution in [2.45, 2.75) is 0 Å². The van der Waals surface area contributed by atoms with Crippen LogP contribution in [0.15, 0.2) is 24.3 Å². The smallest absolute Gasteiger partial charge is 0.241 e. The standard InChI is InChI=1S/C12H16FN3O/c13-10-1-3-11(4-2-10)15-9-12(17)16-7-5-14-6-8-16/h1-4,14-15H,5-9H2. The van der Waals surface area contributed by atoms with E-state index in [1.807, 2.05) is 4.90 Å². The summed E-state index contributed by atoms with van der Waals surface area (Å²) in [7, 11) is 0. The number of piperazine rings is 1. The van der Waals surface area contributed by atoms with E-state index in [-0.39, 0.29) is 18.3 Å². The molecular weight excluding hydrogens is 221 g/mol. The Morgan fingerprint density at radius 2 is 1.94 bits per heavy atom. The number of hydrogen-bond acceptors (Lipinski definition) is 3. The number of carbonyl (C=O) groups excluding carboxylic acids is 1. The molecule has 0 aromatic heterocycles. The Balaban J connectivity index is 1.81. The normalized spacial score (nSPS) is 15.7. The van der Waals surface area contributed by atoms with Crippen LogP contribution in [-0.2, 0) is 4.79 Å². The molecule has 5 heteroatoms. The summed E-state index contributed by atoms with van der Waals surface area (Å²) in [5.41, 5.74) is 0.759. The molecular formula is C12H16FN3O. The van der Waals surface area contributed by atoms with Crippen LogP contribution in [0, 0.1) is 5.82 Å². The molecule has 4 nitrogen and oxygen atoms in total. The average Bonchev–Trinajstić information content (AvgIpc) is 2.39. The van der Waals surface area contributed by atoms with Crippen LogP contribution in [0.2, 0.25) is 0 Å². The van der Waals surface area contributed by atoms with Crippen molar-refractivity contribution in [2.75, 3.05) is 38.0 Å². The van der Waals surface area contributed by atoms with Gasteiger partial charge in [-0.2, -0.15) is 0 Å². The lowest BCUT2D eigenvalue weighted by atomic mass is 10.3. The zero-order valence-electron chi connectivity index (χ0n) is 9.58. The topological polar surface area (TPSA) is 44.4 Å². The van der Waals surface area contributed by atoms with Crippen molar-refractivity contribution in [1.82, 2.24) is 10.2 Å². The zero-order chi connectivity index (χ0) is 12.1. The van der Waals surface area contributed by atoms with E-state index in [1.165, 1.54) is 12.1 Å². The second-order valence-electron chi connectivity index (χ2n) is 3.99. The van der Waals surface area contributed by atoms with Crippen molar-refractivity contribution in [3.8, 4) is 0 Å². The van der Waals surface area contributed by atoms with Crippen molar-refractivity contribution in [2.24, 2.45) is 0 Å². The summed E-state index contributed by atoms with van der Waals surface area (Å²) < 4.78 is 12.7. The van der Waals surface area contributed by atoms with Crippen LogP contribution in [0.1, 0.15) is 0 Å². The Labute approximate surface area is 99.8 Å². The maximum absolute atomic E-state index is 12.7. The molecule has 1 aromatic carbocycles. The van der Waals surface area contributed by atoms with Gasteiger partial charge in [-0.15, -0.1) is 0 Å². The van der Waals surface area contributed by atoms with Crippen molar-refractivity contribution in [3.05, 3.63) is 30.1 Å². The first-order valence-corrected chi connectivity index (χ1v) is 5.73. The second-order valence-corrected chi connectivity index (χ2v) is 3.99. The molecule has 0 unspecified atom stereocenters. The van der Waals surface area contributed by atoms with Gasteiger partial charge in [-0.05, 0) is 24.3 Å². The number of rotatable bonds is 3. The quantitative estimate of drug-likeness (QED) is 0.812. The fraction of sp³-hybridized carbons (Fsp3) is 0.417. The van der Waals surface area contributed by atoms with Crippen LogP contribution >= 0.6 is 0 Å². The lowest BCUT2D eigenvalue weighted by Gasteiger charge is -2.27. The molecule has 1 saturated heterocycles. The maximum Gasteiger partial charge on any atom is 0.241 e. The molecule has 2 rings (SSSR count). The predicted octanol–water partition coefficient (Wildman–Crippen LogP) is 0.669. The van der Waals surface area contributed by atoms with Crippen molar-refractivity contribution in [1.29, 1.82) is 0 Å². The molecule has 2 N–H and O–H groups in total. The molecule has 0 radical (unpaired) electrons. The van der Waals surface area contributed by atoms with Gasteiger partial charge in [0.2, 0.25) is 5.91 Å². The van der Waals surface area contributed by atoms with Crippen LogP contribution in [0.4, 0.5) is 10.1 Å². The fourth-order valence-corrected chi connectivity index (χ4v) is 1.77. The molecule has 0 bridgehead atoms. The number of nitrogens with zero attached hydrogens (tertiary/aromatic N) is 1. The minimum atomic E-state index is -0.274. The highest BCUT2D eigenvalue weighted by atomic mass is 19.1. The Morgan fingerprint density at radius 3 is 2.59 bits per heavy atom. The number of nitrogens with one attached hydrogen (secondary N) is 2. The summed E-state index contributed by atoms with van der Waals surface area (Å²) in [6.45, 7) is 3.46. The first-order chi connectivity index (χ1) is 8.25. The van der Waals surface area contributed by atoms with Crippen LogP contribution in [0.5, 0.6) is 0 Å². The van der Waals surface area contributed by atoms with Crippen molar-refractivity contribution >= 4 is 11.6 Å². The van der Waals surface area contributed by atoms with Crippen LogP contribution in [-0.4, -0.2) is 43.5 Å². The fourth-order valence-electron chi connectivity index (χ4n) is 1.77. The molecule has 0 atom stereocenters. The average molecular weight is 237 g/mol. The first-order valence-electron chi connectivity index (χ1n) is 5.73. The molecule has 1 aliphatic heterocycles. The highest BCUT2D eigenvalue weighted by Crippen LogP contribution is 2.07. The molecule has 1 amide bonds. The molecule has 0 spiro atoms. The van der Waals surface area contributed by atoms with E-state index in [0.29, 0.717) is 0 Å². The van der Waals surface area contributed by atoms with E-state index in [9.17, 15) is 9.18 Å². The summed E-state index contributed by atoms with van der Waals surface area (Å²) in [6.07, 6.45) is 0. The molecule has 1 fully saturated rings. The molecule has 1 aromatic rings. The summed E-state index contributed by atoms with van der Waals surface area (Å²) in [5, 5.41) is 6.18. The largest absolute Gasteiger partial charge is 0.376 e. The van der Waals surface area contributed by atoms with Crippen LogP contribution in [0.25, 0.3) is 0 Å². The van der Waals surface area contributed by atoms with E-state index < -0.39 is 0 Å². The number of amides is 1. The van der Waals surface area contributed by atoms with Gasteiger partial charge in [0.1, 0.15) is 5.82 Å². The lowest BCUT2D eigenvalue weighted by molar-refractivity contribution is -0.129. The van der Waals surface area contributed by atoms with E-state index in [0.717, 1.165) is 31.9 Å². The van der Waals surface area contributed by atoms with E-state index in [4.69, 9.17) is 0 Å². The predicted molar refractivity (Wildman–Crippen MR) is 64.3 cm³/mol. The molecule has 0 saturated carbocycles. The number of benzene rings is 1. The second kappa shape index (κ2) is 5.63. The molecule has 1 heterocycles. The van der Waals surface area contributed by atoms with Crippen LogP contribution < -0.4 is 10.6 Å². The van der Waals surface area contributed by atoms with Gasteiger partial charge in [0.15, 0.2) is 0 Å². The van der Waals surface area contributed by atoms with Crippen molar-refractivity contribution < 1.29 is 9.18 Å². The Bertz CT molecular complexity index is 374. The molecule has 0 aliphatic carbocycles. The highest BCUT2D eigenvalue weighted by molar-refractivity contribution is 5.81. The van der Waals surface area contributed by atoms with E-state index >= 15 is 0 Å². The van der Waals surface area contributed by atoms with Gasteiger partial charge in [0, 0.05) is 31.9 Å². The SMILES string of the molecule is O=C(CNc1ccc(F)cc1)N1CCNCC1. The monoisotopic (exact) mass is 237 g/mol. The first kappa shape index (κ1) is 11.9. The molecule has 17 heavy (non-hydrogen) atoms. The van der Waals surface area contributed by atoms with E-state index in [1.54, 1.807) is 12.1 Å². The number of halogens is 1. The number of hydrogen-bond donors (Lipinski definition) is 2. The minimum Gasteiger partial charge on any atom is -0.376 e. The van der Waals surface area contributed by atoms with Gasteiger partial charge in [-0.1, -0.05) is 0 Å². The summed E-state index contributed by atoms with van der Waals surface area (Å²) in [4.78, 5) is 13.6. The third-order valence-corrected chi connectivity index (χ3v) is 2.76. The maximum atomic E-state index is 12.7. The number of anilines is 1. The minimum absolute atomic E-state index is 0.0795. The highest BCUT2D eigenvalue weighted by Gasteiger charge is 2.15.